The van der Waals surface area contributed by atoms with Crippen LogP contribution in [-0.4, -0.2) is 17.4 Å². The third-order valence-electron chi connectivity index (χ3n) is 4.59. The summed E-state index contributed by atoms with van der Waals surface area (Å²) in [5.41, 5.74) is 4.74. The lowest BCUT2D eigenvalue weighted by molar-refractivity contribution is 0.0956. The minimum Gasteiger partial charge on any atom is -0.465 e. The van der Waals surface area contributed by atoms with Gasteiger partial charge in [-0.15, -0.1) is 0 Å². The molecule has 1 N–H and O–H groups in total. The third-order valence-corrected chi connectivity index (χ3v) is 4.59. The number of pyridine rings is 1. The molecule has 0 fully saturated rings. The van der Waals surface area contributed by atoms with E-state index in [1.54, 1.807) is 6.26 Å². The Kier molecular flexibility index (Phi) is 4.10. The maximum Gasteiger partial charge on any atom is 0.252 e. The first-order chi connectivity index (χ1) is 12.3. The van der Waals surface area contributed by atoms with E-state index in [4.69, 9.17) is 9.40 Å². The molecule has 2 aromatic heterocycles. The Morgan fingerprint density at radius 1 is 1.24 bits per heavy atom. The smallest absolute Gasteiger partial charge is 0.252 e. The molecule has 1 aliphatic rings. The van der Waals surface area contributed by atoms with Crippen molar-refractivity contribution in [1.29, 1.82) is 0 Å². The first-order valence-electron chi connectivity index (χ1n) is 8.72. The molecule has 3 aromatic rings. The zero-order valence-corrected chi connectivity index (χ0v) is 14.2. The summed E-state index contributed by atoms with van der Waals surface area (Å²) in [6.07, 6.45) is 6.53. The minimum absolute atomic E-state index is 0.0170. The van der Waals surface area contributed by atoms with E-state index in [0.29, 0.717) is 6.54 Å². The lowest BCUT2D eigenvalue weighted by Gasteiger charge is -2.22. The summed E-state index contributed by atoms with van der Waals surface area (Å²) in [5.74, 6) is 0.800. The molecule has 0 aliphatic heterocycles. The van der Waals surface area contributed by atoms with Gasteiger partial charge in [0.25, 0.3) is 5.91 Å². The maximum absolute atomic E-state index is 12.8. The highest BCUT2D eigenvalue weighted by Crippen LogP contribution is 2.36. The van der Waals surface area contributed by atoms with E-state index in [9.17, 15) is 4.79 Å². The number of para-hydroxylation sites is 1. The van der Waals surface area contributed by atoms with Crippen molar-refractivity contribution in [3.63, 3.8) is 0 Å². The summed E-state index contributed by atoms with van der Waals surface area (Å²) in [6.45, 7) is 2.55. The minimum atomic E-state index is -0.0170. The van der Waals surface area contributed by atoms with Crippen molar-refractivity contribution in [3.05, 3.63) is 65.2 Å². The second-order valence-corrected chi connectivity index (χ2v) is 6.23. The van der Waals surface area contributed by atoms with E-state index in [-0.39, 0.29) is 5.91 Å². The van der Waals surface area contributed by atoms with Crippen molar-refractivity contribution in [2.24, 2.45) is 0 Å². The number of benzene rings is 1. The number of aromatic nitrogens is 1. The second-order valence-electron chi connectivity index (χ2n) is 6.23. The number of hydrogen-bond donors (Lipinski definition) is 1. The highest BCUT2D eigenvalue weighted by molar-refractivity contribution is 6.09. The van der Waals surface area contributed by atoms with Crippen LogP contribution in [0.3, 0.4) is 0 Å². The molecule has 1 amide bonds. The van der Waals surface area contributed by atoms with Crippen LogP contribution < -0.4 is 5.32 Å². The van der Waals surface area contributed by atoms with Gasteiger partial charge < -0.3 is 9.73 Å². The van der Waals surface area contributed by atoms with Crippen molar-refractivity contribution in [2.45, 2.75) is 26.2 Å². The molecule has 2 heterocycles. The molecule has 0 saturated carbocycles. The molecular formula is C21H20N2O2. The van der Waals surface area contributed by atoms with Crippen molar-refractivity contribution in [2.75, 3.05) is 6.54 Å². The van der Waals surface area contributed by atoms with Gasteiger partial charge in [-0.05, 0) is 61.6 Å². The molecule has 126 valence electrons. The van der Waals surface area contributed by atoms with Crippen LogP contribution in [0.5, 0.6) is 0 Å². The fourth-order valence-corrected chi connectivity index (χ4v) is 3.53. The van der Waals surface area contributed by atoms with Crippen LogP contribution in [0.15, 0.2) is 47.1 Å². The van der Waals surface area contributed by atoms with Crippen molar-refractivity contribution in [3.8, 4) is 0 Å². The monoisotopic (exact) mass is 332 g/mol. The Balaban J connectivity index is 1.96. The molecule has 0 spiro atoms. The van der Waals surface area contributed by atoms with Crippen LogP contribution >= 0.6 is 0 Å². The fourth-order valence-electron chi connectivity index (χ4n) is 3.53. The van der Waals surface area contributed by atoms with Gasteiger partial charge in [0.1, 0.15) is 5.76 Å². The number of amides is 1. The van der Waals surface area contributed by atoms with Gasteiger partial charge in [-0.25, -0.2) is 4.98 Å². The largest absolute Gasteiger partial charge is 0.465 e. The summed E-state index contributed by atoms with van der Waals surface area (Å²) in [7, 11) is 0. The van der Waals surface area contributed by atoms with Crippen LogP contribution in [0.25, 0.3) is 22.6 Å². The van der Waals surface area contributed by atoms with Crippen molar-refractivity contribution < 1.29 is 9.21 Å². The zero-order valence-electron chi connectivity index (χ0n) is 14.2. The van der Waals surface area contributed by atoms with E-state index < -0.39 is 0 Å². The Morgan fingerprint density at radius 2 is 2.12 bits per heavy atom. The SMILES string of the molecule is CCNC(=O)c1c2c(nc3ccccc13)C(=Cc1ccco1)CCC2. The van der Waals surface area contributed by atoms with E-state index >= 15 is 0 Å². The van der Waals surface area contributed by atoms with E-state index in [0.717, 1.165) is 58.3 Å². The van der Waals surface area contributed by atoms with E-state index in [2.05, 4.69) is 5.32 Å². The first kappa shape index (κ1) is 15.6. The highest BCUT2D eigenvalue weighted by atomic mass is 16.3. The maximum atomic E-state index is 12.8. The third kappa shape index (κ3) is 2.84. The number of furan rings is 1. The second kappa shape index (κ2) is 6.55. The number of hydrogen-bond acceptors (Lipinski definition) is 3. The summed E-state index contributed by atoms with van der Waals surface area (Å²) < 4.78 is 5.47. The number of nitrogens with zero attached hydrogens (tertiary/aromatic N) is 1. The average Bonchev–Trinajstić information content (AvgIpc) is 3.13. The molecule has 4 heteroatoms. The Morgan fingerprint density at radius 3 is 2.92 bits per heavy atom. The van der Waals surface area contributed by atoms with Gasteiger partial charge >= 0.3 is 0 Å². The molecule has 0 radical (unpaired) electrons. The number of rotatable bonds is 3. The highest BCUT2D eigenvalue weighted by Gasteiger charge is 2.24. The van der Waals surface area contributed by atoms with Gasteiger partial charge in [0, 0.05) is 11.9 Å². The number of fused-ring (bicyclic) bond motifs is 2. The van der Waals surface area contributed by atoms with Gasteiger partial charge in [-0.1, -0.05) is 18.2 Å². The quantitative estimate of drug-likeness (QED) is 0.771. The Bertz CT molecular complexity index is 955. The van der Waals surface area contributed by atoms with Gasteiger partial charge in [0.2, 0.25) is 0 Å². The van der Waals surface area contributed by atoms with Crippen molar-refractivity contribution in [1.82, 2.24) is 10.3 Å². The van der Waals surface area contributed by atoms with Gasteiger partial charge in [-0.3, -0.25) is 4.79 Å². The van der Waals surface area contributed by atoms with Gasteiger partial charge in [-0.2, -0.15) is 0 Å². The fraction of sp³-hybridized carbons (Fsp3) is 0.238. The number of allylic oxidation sites excluding steroid dienone is 1. The number of nitrogens with one attached hydrogen (secondary N) is 1. The average molecular weight is 332 g/mol. The Hall–Kier alpha value is -2.88. The molecule has 0 saturated heterocycles. The first-order valence-corrected chi connectivity index (χ1v) is 8.72. The molecule has 1 aromatic carbocycles. The lowest BCUT2D eigenvalue weighted by Crippen LogP contribution is -2.26. The summed E-state index contributed by atoms with van der Waals surface area (Å²) in [5, 5.41) is 3.88. The normalized spacial score (nSPS) is 15.3. The number of carbonyl (C=O) groups excluding carboxylic acids is 1. The van der Waals surface area contributed by atoms with Gasteiger partial charge in [0.05, 0.1) is 23.0 Å². The van der Waals surface area contributed by atoms with Gasteiger partial charge in [0.15, 0.2) is 0 Å². The van der Waals surface area contributed by atoms with Crippen LogP contribution in [0.4, 0.5) is 0 Å². The summed E-state index contributed by atoms with van der Waals surface area (Å²) in [4.78, 5) is 17.7. The van der Waals surface area contributed by atoms with Crippen molar-refractivity contribution >= 4 is 28.5 Å². The molecule has 1 aliphatic carbocycles. The number of carbonyl (C=O) groups is 1. The summed E-state index contributed by atoms with van der Waals surface area (Å²) >= 11 is 0. The molecule has 0 bridgehead atoms. The molecule has 0 atom stereocenters. The molecule has 25 heavy (non-hydrogen) atoms. The predicted molar refractivity (Wildman–Crippen MR) is 99.3 cm³/mol. The molecule has 4 rings (SSSR count). The van der Waals surface area contributed by atoms with Crippen LogP contribution in [-0.2, 0) is 6.42 Å². The molecule has 0 unspecified atom stereocenters. The standard InChI is InChI=1S/C21H20N2O2/c1-2-22-21(24)19-16-9-3-4-11-18(16)23-20-14(7-5-10-17(19)20)13-15-8-6-12-25-15/h3-4,6,8-9,11-13H,2,5,7,10H2,1H3,(H,22,24). The Labute approximate surface area is 146 Å². The summed E-state index contributed by atoms with van der Waals surface area (Å²) in [6, 6.07) is 11.7. The van der Waals surface area contributed by atoms with E-state index in [1.807, 2.05) is 49.4 Å². The van der Waals surface area contributed by atoms with Crippen LogP contribution in [0, 0.1) is 0 Å². The molecule has 4 nitrogen and oxygen atoms in total. The van der Waals surface area contributed by atoms with Crippen LogP contribution in [0.1, 0.15) is 47.1 Å². The lowest BCUT2D eigenvalue weighted by atomic mass is 9.86. The molecular weight excluding hydrogens is 312 g/mol. The topological polar surface area (TPSA) is 55.1 Å². The zero-order chi connectivity index (χ0) is 17.2. The predicted octanol–water partition coefficient (Wildman–Crippen LogP) is 4.45. The van der Waals surface area contributed by atoms with Crippen LogP contribution in [0.2, 0.25) is 0 Å². The van der Waals surface area contributed by atoms with E-state index in [1.165, 1.54) is 0 Å².